The van der Waals surface area contributed by atoms with Crippen LogP contribution in [0, 0.1) is 13.8 Å². The molecule has 1 aromatic carbocycles. The number of phenols is 1. The number of quaternary nitrogens is 1. The second-order valence-corrected chi connectivity index (χ2v) is 8.07. The third-order valence-electron chi connectivity index (χ3n) is 5.70. The third kappa shape index (κ3) is 4.84. The minimum Gasteiger partial charge on any atom is -1.00 e. The van der Waals surface area contributed by atoms with Gasteiger partial charge in [0.15, 0.2) is 11.2 Å². The smallest absolute Gasteiger partial charge is 0.332 e. The maximum absolute atomic E-state index is 12.5. The molecule has 0 bridgehead atoms. The lowest BCUT2D eigenvalue weighted by Gasteiger charge is -2.16. The van der Waals surface area contributed by atoms with E-state index in [0.29, 0.717) is 24.3 Å². The lowest BCUT2D eigenvalue weighted by Crippen LogP contribution is -3.00. The number of rotatable bonds is 7. The molecule has 0 spiro atoms. The van der Waals surface area contributed by atoms with Gasteiger partial charge < -0.3 is 32.5 Å². The van der Waals surface area contributed by atoms with Crippen LogP contribution in [0.3, 0.4) is 0 Å². The summed E-state index contributed by atoms with van der Waals surface area (Å²) in [5.41, 5.74) is 2.34. The number of aromatic nitrogens is 4. The predicted octanol–water partition coefficient (Wildman–Crippen LogP) is -3.16. The van der Waals surface area contributed by atoms with Crippen molar-refractivity contribution in [2.45, 2.75) is 45.9 Å². The van der Waals surface area contributed by atoms with Gasteiger partial charge in [0, 0.05) is 27.1 Å². The maximum Gasteiger partial charge on any atom is 0.332 e. The van der Waals surface area contributed by atoms with Gasteiger partial charge >= 0.3 is 5.69 Å². The molecule has 2 atom stereocenters. The molecule has 0 aliphatic rings. The van der Waals surface area contributed by atoms with Gasteiger partial charge in [-0.15, -0.1) is 0 Å². The van der Waals surface area contributed by atoms with Crippen molar-refractivity contribution in [1.29, 1.82) is 0 Å². The molecule has 4 N–H and O–H groups in total. The number of imidazole rings is 1. The van der Waals surface area contributed by atoms with Gasteiger partial charge in [0.25, 0.3) is 5.56 Å². The summed E-state index contributed by atoms with van der Waals surface area (Å²) in [4.78, 5) is 28.8. The van der Waals surface area contributed by atoms with Gasteiger partial charge in [-0.1, -0.05) is 0 Å². The Morgan fingerprint density at radius 2 is 1.74 bits per heavy atom. The lowest BCUT2D eigenvalue weighted by molar-refractivity contribution is -0.693. The van der Waals surface area contributed by atoms with Crippen molar-refractivity contribution in [3.05, 3.63) is 56.0 Å². The summed E-state index contributed by atoms with van der Waals surface area (Å²) >= 11 is 0. The molecule has 3 aromatic rings. The first-order valence-corrected chi connectivity index (χ1v) is 10.0. The van der Waals surface area contributed by atoms with Crippen molar-refractivity contribution in [1.82, 2.24) is 18.7 Å². The molecule has 0 saturated heterocycles. The van der Waals surface area contributed by atoms with Crippen LogP contribution in [0.15, 0.2) is 28.0 Å². The van der Waals surface area contributed by atoms with Crippen molar-refractivity contribution < 1.29 is 27.9 Å². The van der Waals surface area contributed by atoms with Crippen LogP contribution in [-0.2, 0) is 20.6 Å². The number of aliphatic hydroxyl groups excluding tert-OH is 1. The molecule has 10 heteroatoms. The predicted molar refractivity (Wildman–Crippen MR) is 114 cm³/mol. The van der Waals surface area contributed by atoms with Crippen molar-refractivity contribution >= 4 is 11.2 Å². The normalized spacial score (nSPS) is 13.2. The first-order chi connectivity index (χ1) is 14.1. The molecule has 0 amide bonds. The van der Waals surface area contributed by atoms with Gasteiger partial charge in [0.05, 0.1) is 12.4 Å². The van der Waals surface area contributed by atoms with E-state index in [1.807, 2.05) is 26.0 Å². The maximum atomic E-state index is 12.5. The van der Waals surface area contributed by atoms with Gasteiger partial charge in [-0.3, -0.25) is 13.9 Å². The van der Waals surface area contributed by atoms with E-state index in [1.165, 1.54) is 11.6 Å². The minimum atomic E-state index is -0.638. The van der Waals surface area contributed by atoms with Gasteiger partial charge in [-0.25, -0.2) is 9.78 Å². The fourth-order valence-corrected chi connectivity index (χ4v) is 3.71. The molecule has 3 rings (SSSR count). The van der Waals surface area contributed by atoms with E-state index < -0.39 is 11.8 Å². The lowest BCUT2D eigenvalue weighted by atomic mass is 10.0. The van der Waals surface area contributed by atoms with Gasteiger partial charge in [-0.05, 0) is 49.6 Å². The number of benzene rings is 1. The molecular formula is C21H30ClN5O4. The van der Waals surface area contributed by atoms with Crippen LogP contribution in [0.25, 0.3) is 11.2 Å². The quantitative estimate of drug-likeness (QED) is 0.350. The number of aliphatic hydroxyl groups is 1. The Morgan fingerprint density at radius 3 is 2.35 bits per heavy atom. The standard InChI is InChI=1S/C21H29N5O4.ClH/c1-12-8-15(9-13(2)18(12)28)16(27)10-22-14(3)6-7-26-11-23-19-17(26)20(29)25(5)21(30)24(19)4;/h8-9,11,14,16,22,27-28H,6-7,10H2,1-5H3;1H. The summed E-state index contributed by atoms with van der Waals surface area (Å²) < 4.78 is 4.25. The molecular weight excluding hydrogens is 422 g/mol. The Hall–Kier alpha value is -2.62. The summed E-state index contributed by atoms with van der Waals surface area (Å²) in [6, 6.07) is 3.82. The van der Waals surface area contributed by atoms with Crippen LogP contribution in [-0.4, -0.2) is 41.5 Å². The molecule has 9 nitrogen and oxygen atoms in total. The molecule has 0 aliphatic heterocycles. The van der Waals surface area contributed by atoms with E-state index in [1.54, 1.807) is 17.9 Å². The fraction of sp³-hybridized carbons (Fsp3) is 0.476. The number of nitrogens with zero attached hydrogens (tertiary/aromatic N) is 4. The van der Waals surface area contributed by atoms with Crippen molar-refractivity contribution in [2.75, 3.05) is 6.54 Å². The van der Waals surface area contributed by atoms with Crippen LogP contribution < -0.4 is 29.0 Å². The number of hydrogen-bond donors (Lipinski definition) is 3. The molecule has 0 aliphatic carbocycles. The van der Waals surface area contributed by atoms with Gasteiger partial charge in [-0.2, -0.15) is 0 Å². The molecule has 0 radical (unpaired) electrons. The average molecular weight is 452 g/mol. The summed E-state index contributed by atoms with van der Waals surface area (Å²) in [6.07, 6.45) is 1.72. The van der Waals surface area contributed by atoms with Crippen LogP contribution >= 0.6 is 0 Å². The molecule has 170 valence electrons. The first-order valence-electron chi connectivity index (χ1n) is 10.0. The highest BCUT2D eigenvalue weighted by atomic mass is 35.5. The van der Waals surface area contributed by atoms with Crippen molar-refractivity contribution in [3.8, 4) is 5.75 Å². The van der Waals surface area contributed by atoms with Crippen LogP contribution in [0.1, 0.15) is 36.1 Å². The largest absolute Gasteiger partial charge is 1.00 e. The highest BCUT2D eigenvalue weighted by molar-refractivity contribution is 5.69. The second kappa shape index (κ2) is 9.67. The van der Waals surface area contributed by atoms with Gasteiger partial charge in [0.1, 0.15) is 18.4 Å². The first kappa shape index (κ1) is 24.6. The number of aryl methyl sites for hydroxylation is 4. The monoisotopic (exact) mass is 451 g/mol. The van der Waals surface area contributed by atoms with Crippen LogP contribution in [0.4, 0.5) is 0 Å². The van der Waals surface area contributed by atoms with E-state index >= 15 is 0 Å². The molecule has 0 saturated carbocycles. The number of halogens is 1. The summed E-state index contributed by atoms with van der Waals surface area (Å²) in [5, 5.41) is 22.5. The third-order valence-corrected chi connectivity index (χ3v) is 5.70. The number of hydrogen-bond acceptors (Lipinski definition) is 5. The zero-order valence-electron chi connectivity index (χ0n) is 18.5. The van der Waals surface area contributed by atoms with E-state index in [9.17, 15) is 19.8 Å². The van der Waals surface area contributed by atoms with E-state index in [-0.39, 0.29) is 29.8 Å². The summed E-state index contributed by atoms with van der Waals surface area (Å²) in [7, 11) is 3.07. The Morgan fingerprint density at radius 1 is 1.13 bits per heavy atom. The number of fused-ring (bicyclic) bond motifs is 1. The Labute approximate surface area is 186 Å². The molecule has 2 aromatic heterocycles. The van der Waals surface area contributed by atoms with E-state index in [0.717, 1.165) is 27.7 Å². The highest BCUT2D eigenvalue weighted by Gasteiger charge is 2.17. The fourth-order valence-electron chi connectivity index (χ4n) is 3.71. The Bertz CT molecular complexity index is 1170. The minimum absolute atomic E-state index is 0. The Kier molecular flexibility index (Phi) is 7.69. The summed E-state index contributed by atoms with van der Waals surface area (Å²) in [6.45, 7) is 6.77. The number of phenolic OH excluding ortho intramolecular Hbond substituents is 1. The molecule has 2 unspecified atom stereocenters. The molecule has 2 heterocycles. The summed E-state index contributed by atoms with van der Waals surface area (Å²) in [5.74, 6) is 0.263. The van der Waals surface area contributed by atoms with Crippen molar-refractivity contribution in [3.63, 3.8) is 0 Å². The Balaban J connectivity index is 0.00000341. The van der Waals surface area contributed by atoms with E-state index in [4.69, 9.17) is 0 Å². The molecule has 0 fully saturated rings. The second-order valence-electron chi connectivity index (χ2n) is 8.07. The number of nitrogens with two attached hydrogens (primary N) is 1. The van der Waals surface area contributed by atoms with E-state index in [2.05, 4.69) is 17.2 Å². The highest BCUT2D eigenvalue weighted by Crippen LogP contribution is 2.25. The SMILES string of the molecule is Cc1cc(C(O)C[NH2+]C(C)CCn2cnc3c2c(=O)n(C)c(=O)n3C)cc(C)c1O.[Cl-]. The van der Waals surface area contributed by atoms with Crippen LogP contribution in [0.2, 0.25) is 0 Å². The number of aromatic hydroxyl groups is 1. The van der Waals surface area contributed by atoms with Crippen molar-refractivity contribution in [2.24, 2.45) is 14.1 Å². The zero-order chi connectivity index (χ0) is 22.2. The topological polar surface area (TPSA) is 119 Å². The molecule has 31 heavy (non-hydrogen) atoms. The zero-order valence-corrected chi connectivity index (χ0v) is 19.2. The van der Waals surface area contributed by atoms with Gasteiger partial charge in [0.2, 0.25) is 0 Å². The van der Waals surface area contributed by atoms with Crippen LogP contribution in [0.5, 0.6) is 5.75 Å². The average Bonchev–Trinajstić information content (AvgIpc) is 3.15.